The van der Waals surface area contributed by atoms with Crippen LogP contribution in [-0.2, 0) is 6.61 Å². The Labute approximate surface area is 88.4 Å². The van der Waals surface area contributed by atoms with E-state index >= 15 is 0 Å². The van der Waals surface area contributed by atoms with Crippen LogP contribution in [0.2, 0.25) is 0 Å². The zero-order valence-electron chi connectivity index (χ0n) is 8.70. The molecule has 0 amide bonds. The van der Waals surface area contributed by atoms with E-state index in [9.17, 15) is 4.79 Å². The molecular formula is C11H16N2O2. The number of hydrogen-bond donors (Lipinski definition) is 2. The molecule has 4 heteroatoms. The van der Waals surface area contributed by atoms with Crippen molar-refractivity contribution < 1.29 is 5.11 Å². The van der Waals surface area contributed by atoms with Gasteiger partial charge >= 0.3 is 0 Å². The number of rotatable bonds is 2. The van der Waals surface area contributed by atoms with Gasteiger partial charge in [-0.2, -0.15) is 0 Å². The smallest absolute Gasteiger partial charge is 0.251 e. The van der Waals surface area contributed by atoms with Crippen LogP contribution in [0, 0.1) is 0 Å². The first kappa shape index (κ1) is 10.4. The van der Waals surface area contributed by atoms with Crippen molar-refractivity contribution in [1.82, 2.24) is 9.97 Å². The van der Waals surface area contributed by atoms with E-state index in [0.717, 1.165) is 18.5 Å². The first-order chi connectivity index (χ1) is 7.29. The molecule has 1 heterocycles. The second kappa shape index (κ2) is 4.57. The maximum atomic E-state index is 11.3. The summed E-state index contributed by atoms with van der Waals surface area (Å²) in [5.74, 6) is 0.787. The van der Waals surface area contributed by atoms with Crippen LogP contribution in [0.3, 0.4) is 0 Å². The monoisotopic (exact) mass is 208 g/mol. The molecule has 82 valence electrons. The fourth-order valence-corrected chi connectivity index (χ4v) is 2.21. The second-order valence-corrected chi connectivity index (χ2v) is 4.11. The highest BCUT2D eigenvalue weighted by Crippen LogP contribution is 2.30. The van der Waals surface area contributed by atoms with Gasteiger partial charge in [-0.25, -0.2) is 4.98 Å². The Kier molecular flexibility index (Phi) is 3.16. The Morgan fingerprint density at radius 3 is 2.80 bits per heavy atom. The zero-order chi connectivity index (χ0) is 10.7. The normalized spacial score (nSPS) is 17.9. The minimum atomic E-state index is -0.199. The maximum absolute atomic E-state index is 11.3. The van der Waals surface area contributed by atoms with Crippen molar-refractivity contribution >= 4 is 0 Å². The van der Waals surface area contributed by atoms with Gasteiger partial charge in [-0.3, -0.25) is 4.79 Å². The van der Waals surface area contributed by atoms with Crippen molar-refractivity contribution in [2.75, 3.05) is 0 Å². The molecule has 2 N–H and O–H groups in total. The Bertz CT molecular complexity index is 380. The molecule has 1 aromatic heterocycles. The fraction of sp³-hybridized carbons (Fsp3) is 0.636. The molecule has 0 radical (unpaired) electrons. The number of nitrogens with zero attached hydrogens (tertiary/aromatic N) is 1. The largest absolute Gasteiger partial charge is 0.388 e. The average Bonchev–Trinajstić information content (AvgIpc) is 2.29. The summed E-state index contributed by atoms with van der Waals surface area (Å²) in [5, 5.41) is 8.95. The Morgan fingerprint density at radius 1 is 1.40 bits per heavy atom. The molecule has 15 heavy (non-hydrogen) atoms. The van der Waals surface area contributed by atoms with E-state index in [1.807, 2.05) is 0 Å². The van der Waals surface area contributed by atoms with E-state index in [-0.39, 0.29) is 12.2 Å². The molecule has 1 fully saturated rings. The molecule has 0 aromatic carbocycles. The van der Waals surface area contributed by atoms with Gasteiger partial charge in [0.1, 0.15) is 12.4 Å². The average molecular weight is 208 g/mol. The molecule has 0 saturated heterocycles. The molecule has 4 nitrogen and oxygen atoms in total. The summed E-state index contributed by atoms with van der Waals surface area (Å²) in [6, 6.07) is 1.56. The predicted octanol–water partition coefficient (Wildman–Crippen LogP) is 1.31. The summed E-state index contributed by atoms with van der Waals surface area (Å²) in [6.07, 6.45) is 5.94. The Balaban J connectivity index is 2.26. The Hall–Kier alpha value is -1.16. The summed E-state index contributed by atoms with van der Waals surface area (Å²) in [5.41, 5.74) is 0.692. The number of hydrogen-bond acceptors (Lipinski definition) is 3. The first-order valence-corrected chi connectivity index (χ1v) is 5.50. The van der Waals surface area contributed by atoms with E-state index in [2.05, 4.69) is 9.97 Å². The molecule has 0 unspecified atom stereocenters. The van der Waals surface area contributed by atoms with Gasteiger partial charge in [-0.05, 0) is 12.8 Å². The van der Waals surface area contributed by atoms with Crippen molar-refractivity contribution in [2.45, 2.75) is 44.6 Å². The summed E-state index contributed by atoms with van der Waals surface area (Å²) in [6.45, 7) is -0.199. The van der Waals surface area contributed by atoms with E-state index in [4.69, 9.17) is 5.11 Å². The lowest BCUT2D eigenvalue weighted by Crippen LogP contribution is -2.16. The Morgan fingerprint density at radius 2 is 2.13 bits per heavy atom. The number of H-pyrrole nitrogens is 1. The van der Waals surface area contributed by atoms with Crippen LogP contribution in [0.4, 0.5) is 0 Å². The van der Waals surface area contributed by atoms with Gasteiger partial charge < -0.3 is 10.1 Å². The van der Waals surface area contributed by atoms with Gasteiger partial charge in [0, 0.05) is 12.0 Å². The third-order valence-electron chi connectivity index (χ3n) is 2.98. The van der Waals surface area contributed by atoms with Crippen LogP contribution in [0.25, 0.3) is 0 Å². The van der Waals surface area contributed by atoms with Crippen molar-refractivity contribution in [3.05, 3.63) is 27.9 Å². The van der Waals surface area contributed by atoms with Crippen molar-refractivity contribution in [3.63, 3.8) is 0 Å². The van der Waals surface area contributed by atoms with Gasteiger partial charge in [0.05, 0.1) is 5.69 Å². The van der Waals surface area contributed by atoms with Crippen LogP contribution in [0.5, 0.6) is 0 Å². The zero-order valence-corrected chi connectivity index (χ0v) is 8.70. The SMILES string of the molecule is O=c1cc(C2CCCCC2)nc(CO)[nH]1. The molecule has 0 aliphatic heterocycles. The lowest BCUT2D eigenvalue weighted by atomic mass is 9.87. The molecule has 0 bridgehead atoms. The predicted molar refractivity (Wildman–Crippen MR) is 56.6 cm³/mol. The van der Waals surface area contributed by atoms with Crippen molar-refractivity contribution in [3.8, 4) is 0 Å². The molecule has 0 spiro atoms. The van der Waals surface area contributed by atoms with Gasteiger partial charge in [-0.1, -0.05) is 19.3 Å². The van der Waals surface area contributed by atoms with Crippen LogP contribution in [0.1, 0.15) is 49.5 Å². The highest BCUT2D eigenvalue weighted by Gasteiger charge is 2.17. The second-order valence-electron chi connectivity index (χ2n) is 4.11. The summed E-state index contributed by atoms with van der Waals surface area (Å²) in [7, 11) is 0. The van der Waals surface area contributed by atoms with Gasteiger partial charge in [0.2, 0.25) is 0 Å². The topological polar surface area (TPSA) is 66.0 Å². The van der Waals surface area contributed by atoms with Gasteiger partial charge in [-0.15, -0.1) is 0 Å². The molecule has 0 atom stereocenters. The third-order valence-corrected chi connectivity index (χ3v) is 2.98. The first-order valence-electron chi connectivity index (χ1n) is 5.50. The summed E-state index contributed by atoms with van der Waals surface area (Å²) < 4.78 is 0. The molecule has 2 rings (SSSR count). The third kappa shape index (κ3) is 2.45. The van der Waals surface area contributed by atoms with E-state index in [1.165, 1.54) is 19.3 Å². The minimum absolute atomic E-state index is 0.158. The summed E-state index contributed by atoms with van der Waals surface area (Å²) >= 11 is 0. The number of nitrogens with one attached hydrogen (secondary N) is 1. The van der Waals surface area contributed by atoms with Crippen molar-refractivity contribution in [2.24, 2.45) is 0 Å². The lowest BCUT2D eigenvalue weighted by molar-refractivity contribution is 0.269. The van der Waals surface area contributed by atoms with E-state index in [0.29, 0.717) is 11.7 Å². The van der Waals surface area contributed by atoms with Crippen LogP contribution in [-0.4, -0.2) is 15.1 Å². The number of aliphatic hydroxyl groups is 1. The molecular weight excluding hydrogens is 192 g/mol. The number of aromatic nitrogens is 2. The van der Waals surface area contributed by atoms with Crippen LogP contribution < -0.4 is 5.56 Å². The molecule has 1 aliphatic carbocycles. The highest BCUT2D eigenvalue weighted by atomic mass is 16.3. The molecule has 1 aliphatic rings. The minimum Gasteiger partial charge on any atom is -0.388 e. The maximum Gasteiger partial charge on any atom is 0.251 e. The van der Waals surface area contributed by atoms with Crippen LogP contribution in [0.15, 0.2) is 10.9 Å². The molecule has 1 saturated carbocycles. The van der Waals surface area contributed by atoms with E-state index in [1.54, 1.807) is 6.07 Å². The molecule has 1 aromatic rings. The highest BCUT2D eigenvalue weighted by molar-refractivity contribution is 5.09. The van der Waals surface area contributed by atoms with Gasteiger partial charge in [0.15, 0.2) is 0 Å². The number of aliphatic hydroxyl groups excluding tert-OH is 1. The van der Waals surface area contributed by atoms with Gasteiger partial charge in [0.25, 0.3) is 5.56 Å². The standard InChI is InChI=1S/C11H16N2O2/c14-7-10-12-9(6-11(15)13-10)8-4-2-1-3-5-8/h6,8,14H,1-5,7H2,(H,12,13,15). The van der Waals surface area contributed by atoms with E-state index < -0.39 is 0 Å². The fourth-order valence-electron chi connectivity index (χ4n) is 2.21. The van der Waals surface area contributed by atoms with Crippen LogP contribution >= 0.6 is 0 Å². The lowest BCUT2D eigenvalue weighted by Gasteiger charge is -2.20. The van der Waals surface area contributed by atoms with Crippen molar-refractivity contribution in [1.29, 1.82) is 0 Å². The quantitative estimate of drug-likeness (QED) is 0.770. The number of aromatic amines is 1. The summed E-state index contributed by atoms with van der Waals surface area (Å²) in [4.78, 5) is 18.1.